The second-order valence-corrected chi connectivity index (χ2v) is 14.7. The van der Waals surface area contributed by atoms with Gasteiger partial charge in [0.1, 0.15) is 11.6 Å². The fourth-order valence-electron chi connectivity index (χ4n) is 6.30. The molecule has 2 saturated heterocycles. The summed E-state index contributed by atoms with van der Waals surface area (Å²) in [4.78, 5) is 18.4. The van der Waals surface area contributed by atoms with Crippen LogP contribution in [0.4, 0.5) is 10.1 Å². The van der Waals surface area contributed by atoms with Gasteiger partial charge >= 0.3 is 0 Å². The molecule has 0 spiro atoms. The number of halogens is 3. The van der Waals surface area contributed by atoms with E-state index in [-0.39, 0.29) is 35.6 Å². The number of hydrogen-bond acceptors (Lipinski definition) is 5. The highest BCUT2D eigenvalue weighted by atomic mass is 35.5. The minimum Gasteiger partial charge on any atom is -0.497 e. The second kappa shape index (κ2) is 15.3. The summed E-state index contributed by atoms with van der Waals surface area (Å²) in [6.07, 6.45) is 4.81. The number of nitrogens with zero attached hydrogens (tertiary/aromatic N) is 3. The molecule has 2 heterocycles. The third kappa shape index (κ3) is 8.57. The Bertz CT molecular complexity index is 1540. The van der Waals surface area contributed by atoms with Crippen molar-refractivity contribution in [1.82, 2.24) is 9.21 Å². The lowest BCUT2D eigenvalue weighted by Gasteiger charge is -2.35. The fourth-order valence-corrected chi connectivity index (χ4v) is 8.06. The van der Waals surface area contributed by atoms with Crippen LogP contribution in [0.1, 0.15) is 37.7 Å². The molecule has 1 amide bonds. The van der Waals surface area contributed by atoms with Gasteiger partial charge in [0.05, 0.1) is 22.1 Å². The number of benzene rings is 3. The quantitative estimate of drug-likeness (QED) is 0.221. The maximum atomic E-state index is 13.9. The van der Waals surface area contributed by atoms with Crippen molar-refractivity contribution >= 4 is 44.8 Å². The molecule has 3 aromatic rings. The number of rotatable bonds is 11. The monoisotopic (exact) mass is 675 g/mol. The molecule has 242 valence electrons. The molecule has 0 radical (unpaired) electrons. The van der Waals surface area contributed by atoms with Gasteiger partial charge in [-0.25, -0.2) is 12.8 Å². The lowest BCUT2D eigenvalue weighted by molar-refractivity contribution is -0.123. The molecule has 11 heteroatoms. The highest BCUT2D eigenvalue weighted by Gasteiger charge is 2.34. The molecule has 5 rings (SSSR count). The third-order valence-corrected chi connectivity index (χ3v) is 11.6. The van der Waals surface area contributed by atoms with Gasteiger partial charge in [-0.3, -0.25) is 4.79 Å². The van der Waals surface area contributed by atoms with Gasteiger partial charge in [0.25, 0.3) is 0 Å². The number of methoxy groups -OCH3 is 1. The summed E-state index contributed by atoms with van der Waals surface area (Å²) in [6, 6.07) is 18.4. The second-order valence-electron chi connectivity index (χ2n) is 11.9. The van der Waals surface area contributed by atoms with E-state index in [1.165, 1.54) is 29.1 Å². The van der Waals surface area contributed by atoms with Crippen LogP contribution in [0.2, 0.25) is 10.0 Å². The first-order valence-corrected chi connectivity index (χ1v) is 17.7. The van der Waals surface area contributed by atoms with Gasteiger partial charge in [0.2, 0.25) is 15.9 Å². The zero-order chi connectivity index (χ0) is 32.0. The van der Waals surface area contributed by atoms with Crippen molar-refractivity contribution in [2.75, 3.05) is 51.3 Å². The molecular formula is C34H40Cl2FN3O4S. The van der Waals surface area contributed by atoms with Gasteiger partial charge in [-0.1, -0.05) is 35.3 Å². The van der Waals surface area contributed by atoms with Crippen LogP contribution in [0.25, 0.3) is 0 Å². The molecule has 45 heavy (non-hydrogen) atoms. The van der Waals surface area contributed by atoms with Gasteiger partial charge in [-0.05, 0) is 124 Å². The Labute approximate surface area is 275 Å². The van der Waals surface area contributed by atoms with Crippen LogP contribution in [0.15, 0.2) is 71.6 Å². The lowest BCUT2D eigenvalue weighted by atomic mass is 9.90. The Morgan fingerprint density at radius 1 is 0.911 bits per heavy atom. The van der Waals surface area contributed by atoms with Crippen molar-refractivity contribution in [3.05, 3.63) is 88.2 Å². The predicted octanol–water partition coefficient (Wildman–Crippen LogP) is 6.92. The predicted molar refractivity (Wildman–Crippen MR) is 177 cm³/mol. The van der Waals surface area contributed by atoms with Crippen molar-refractivity contribution in [3.63, 3.8) is 0 Å². The Kier molecular flexibility index (Phi) is 11.4. The first kappa shape index (κ1) is 33.7. The SMILES string of the molecule is COc1ccc(S(=O)(=O)N2CCC(C(=O)N(CCCN3CCC(Cc4ccc(F)cc4)CC3)c3ccc(Cl)c(Cl)c3)CC2)cc1. The molecule has 0 aliphatic carbocycles. The van der Waals surface area contributed by atoms with E-state index in [9.17, 15) is 17.6 Å². The molecule has 7 nitrogen and oxygen atoms in total. The molecule has 0 bridgehead atoms. The molecule has 0 aromatic heterocycles. The van der Waals surface area contributed by atoms with Gasteiger partial charge in [-0.15, -0.1) is 0 Å². The van der Waals surface area contributed by atoms with E-state index in [4.69, 9.17) is 27.9 Å². The summed E-state index contributed by atoms with van der Waals surface area (Å²) >= 11 is 12.5. The van der Waals surface area contributed by atoms with E-state index in [0.29, 0.717) is 46.8 Å². The van der Waals surface area contributed by atoms with Crippen molar-refractivity contribution in [2.45, 2.75) is 43.4 Å². The molecule has 2 aliphatic heterocycles. The fraction of sp³-hybridized carbons (Fsp3) is 0.441. The maximum Gasteiger partial charge on any atom is 0.243 e. The molecule has 0 unspecified atom stereocenters. The molecule has 0 saturated carbocycles. The highest BCUT2D eigenvalue weighted by Crippen LogP contribution is 2.31. The molecule has 2 aliphatic rings. The zero-order valence-electron chi connectivity index (χ0n) is 25.5. The van der Waals surface area contributed by atoms with E-state index < -0.39 is 10.0 Å². The molecule has 0 atom stereocenters. The first-order chi connectivity index (χ1) is 21.6. The lowest BCUT2D eigenvalue weighted by Crippen LogP contribution is -2.45. The van der Waals surface area contributed by atoms with Crippen LogP contribution < -0.4 is 9.64 Å². The zero-order valence-corrected chi connectivity index (χ0v) is 27.8. The highest BCUT2D eigenvalue weighted by molar-refractivity contribution is 7.89. The number of amides is 1. The Hall–Kier alpha value is -2.69. The average Bonchev–Trinajstić information content (AvgIpc) is 3.06. The number of piperidine rings is 2. The smallest absolute Gasteiger partial charge is 0.243 e. The number of ether oxygens (including phenoxy) is 1. The normalized spacial score (nSPS) is 17.3. The Balaban J connectivity index is 1.17. The van der Waals surface area contributed by atoms with E-state index in [1.807, 2.05) is 18.2 Å². The molecular weight excluding hydrogens is 636 g/mol. The van der Waals surface area contributed by atoms with E-state index >= 15 is 0 Å². The van der Waals surface area contributed by atoms with Gasteiger partial charge in [0, 0.05) is 31.2 Å². The largest absolute Gasteiger partial charge is 0.497 e. The Morgan fingerprint density at radius 2 is 1.58 bits per heavy atom. The minimum atomic E-state index is -3.67. The van der Waals surface area contributed by atoms with Gasteiger partial charge in [0.15, 0.2) is 0 Å². The van der Waals surface area contributed by atoms with Gasteiger partial charge in [-0.2, -0.15) is 4.31 Å². The Morgan fingerprint density at radius 3 is 2.20 bits per heavy atom. The summed E-state index contributed by atoms with van der Waals surface area (Å²) in [6.45, 7) is 3.92. The number of carbonyl (C=O) groups excluding carboxylic acids is 1. The van der Waals surface area contributed by atoms with E-state index in [0.717, 1.165) is 45.3 Å². The average molecular weight is 677 g/mol. The minimum absolute atomic E-state index is 0.0205. The standard InChI is InChI=1S/C34H40Cl2FN3O4S/c1-44-30-8-10-31(11-9-30)45(42,43)39-21-15-27(16-22-39)34(41)40(29-7-12-32(35)33(36)24-29)18-2-17-38-19-13-26(14-20-38)23-25-3-5-28(37)6-4-25/h3-12,24,26-27H,2,13-23H2,1H3. The number of sulfonamides is 1. The third-order valence-electron chi connectivity index (χ3n) is 8.98. The molecule has 2 fully saturated rings. The van der Waals surface area contributed by atoms with Crippen LogP contribution in [0.5, 0.6) is 5.75 Å². The molecule has 3 aromatic carbocycles. The number of likely N-dealkylation sites (tertiary alicyclic amines) is 1. The summed E-state index contributed by atoms with van der Waals surface area (Å²) in [5.41, 5.74) is 1.87. The topological polar surface area (TPSA) is 70.2 Å². The first-order valence-electron chi connectivity index (χ1n) is 15.5. The van der Waals surface area contributed by atoms with Crippen LogP contribution in [-0.2, 0) is 21.2 Å². The van der Waals surface area contributed by atoms with Crippen molar-refractivity contribution in [3.8, 4) is 5.75 Å². The number of hydrogen-bond donors (Lipinski definition) is 0. The van der Waals surface area contributed by atoms with Gasteiger partial charge < -0.3 is 14.5 Å². The maximum absolute atomic E-state index is 13.9. The van der Waals surface area contributed by atoms with Crippen LogP contribution >= 0.6 is 23.2 Å². The summed E-state index contributed by atoms with van der Waals surface area (Å²) in [7, 11) is -2.13. The van der Waals surface area contributed by atoms with Crippen LogP contribution in [-0.4, -0.2) is 69.9 Å². The summed E-state index contributed by atoms with van der Waals surface area (Å²) in [5.74, 6) is 0.648. The number of carbonyl (C=O) groups is 1. The van der Waals surface area contributed by atoms with Crippen LogP contribution in [0.3, 0.4) is 0 Å². The van der Waals surface area contributed by atoms with Crippen LogP contribution in [0, 0.1) is 17.7 Å². The van der Waals surface area contributed by atoms with E-state index in [1.54, 1.807) is 41.3 Å². The van der Waals surface area contributed by atoms with E-state index in [2.05, 4.69) is 4.90 Å². The molecule has 0 N–H and O–H groups in total. The van der Waals surface area contributed by atoms with Crippen molar-refractivity contribution < 1.29 is 22.3 Å². The summed E-state index contributed by atoms with van der Waals surface area (Å²) in [5, 5.41) is 0.809. The number of anilines is 1. The summed E-state index contributed by atoms with van der Waals surface area (Å²) < 4.78 is 46.4. The van der Waals surface area contributed by atoms with Crippen molar-refractivity contribution in [1.29, 1.82) is 0 Å². The van der Waals surface area contributed by atoms with Crippen molar-refractivity contribution in [2.24, 2.45) is 11.8 Å².